The molecule has 2 heterocycles. The first-order valence-corrected chi connectivity index (χ1v) is 19.2. The van der Waals surface area contributed by atoms with E-state index < -0.39 is 0 Å². The van der Waals surface area contributed by atoms with Gasteiger partial charge in [0, 0.05) is 47.0 Å². The third-order valence-electron chi connectivity index (χ3n) is 10.7. The van der Waals surface area contributed by atoms with E-state index in [0.29, 0.717) is 5.92 Å². The quantitative estimate of drug-likeness (QED) is 0.177. The Hall–Kier alpha value is -4.96. The van der Waals surface area contributed by atoms with Gasteiger partial charge >= 0.3 is 0 Å². The van der Waals surface area contributed by atoms with Gasteiger partial charge in [0.1, 0.15) is 0 Å². The summed E-state index contributed by atoms with van der Waals surface area (Å²) in [7, 11) is 0. The van der Waals surface area contributed by atoms with Crippen LogP contribution >= 0.6 is 22.7 Å². The van der Waals surface area contributed by atoms with Crippen LogP contribution in [0.4, 0.5) is 17.1 Å². The highest BCUT2D eigenvalue weighted by Crippen LogP contribution is 2.49. The van der Waals surface area contributed by atoms with Gasteiger partial charge in [0.15, 0.2) is 0 Å². The molecule has 7 aromatic carbocycles. The van der Waals surface area contributed by atoms with E-state index in [9.17, 15) is 0 Å². The number of benzene rings is 7. The van der Waals surface area contributed by atoms with Gasteiger partial charge in [0.05, 0.1) is 10.4 Å². The lowest BCUT2D eigenvalue weighted by molar-refractivity contribution is 0.446. The predicted molar refractivity (Wildman–Crippen MR) is 216 cm³/mol. The van der Waals surface area contributed by atoms with E-state index in [4.69, 9.17) is 0 Å². The Bertz CT molecular complexity index is 2650. The summed E-state index contributed by atoms with van der Waals surface area (Å²) in [5.41, 5.74) is 7.65. The summed E-state index contributed by atoms with van der Waals surface area (Å²) < 4.78 is 5.49. The van der Waals surface area contributed by atoms with Crippen molar-refractivity contribution < 1.29 is 0 Å². The maximum Gasteiger partial charge on any atom is 0.0640 e. The van der Waals surface area contributed by atoms with Crippen LogP contribution in [0.1, 0.15) is 43.6 Å². The van der Waals surface area contributed by atoms with E-state index in [1.54, 1.807) is 5.56 Å². The monoisotopic (exact) mass is 665 g/mol. The summed E-state index contributed by atoms with van der Waals surface area (Å²) in [4.78, 5) is 2.50. The molecule has 10 rings (SSSR count). The molecule has 0 aliphatic heterocycles. The average molecular weight is 666 g/mol. The van der Waals surface area contributed by atoms with Gasteiger partial charge in [-0.05, 0) is 88.7 Å². The van der Waals surface area contributed by atoms with Crippen LogP contribution in [0.15, 0.2) is 146 Å². The molecule has 236 valence electrons. The lowest BCUT2D eigenvalue weighted by atomic mass is 9.84. The van der Waals surface area contributed by atoms with Crippen LogP contribution in [0.25, 0.3) is 62.2 Å². The molecular weight excluding hydrogens is 631 g/mol. The van der Waals surface area contributed by atoms with Gasteiger partial charge in [-0.25, -0.2) is 0 Å². The minimum absolute atomic E-state index is 0.668. The summed E-state index contributed by atoms with van der Waals surface area (Å²) in [5, 5.41) is 7.95. The molecule has 9 aromatic rings. The summed E-state index contributed by atoms with van der Waals surface area (Å²) in [6.07, 6.45) is 6.69. The SMILES string of the molecule is c1ccc2c(-c3ccc(N(c4ccc5sc6ccccc6c5c4)c4cccc5c4sc4c(C6CCCCC6)cccc45)cc3)cccc2c1. The van der Waals surface area contributed by atoms with Crippen molar-refractivity contribution >= 4 is 90.9 Å². The van der Waals surface area contributed by atoms with Crippen molar-refractivity contribution in [3.05, 3.63) is 151 Å². The third kappa shape index (κ3) is 4.87. The largest absolute Gasteiger partial charge is 0.309 e. The fraction of sp³-hybridized carbons (Fsp3) is 0.130. The molecule has 1 fully saturated rings. The van der Waals surface area contributed by atoms with Crippen molar-refractivity contribution in [3.63, 3.8) is 0 Å². The molecule has 3 heteroatoms. The van der Waals surface area contributed by atoms with Gasteiger partial charge in [-0.2, -0.15) is 0 Å². The molecule has 2 aromatic heterocycles. The predicted octanol–water partition coefficient (Wildman–Crippen LogP) is 14.8. The topological polar surface area (TPSA) is 3.24 Å². The third-order valence-corrected chi connectivity index (χ3v) is 13.1. The van der Waals surface area contributed by atoms with Gasteiger partial charge in [-0.1, -0.05) is 122 Å². The van der Waals surface area contributed by atoms with Crippen LogP contribution in [0.2, 0.25) is 0 Å². The van der Waals surface area contributed by atoms with Gasteiger partial charge in [0.25, 0.3) is 0 Å². The number of hydrogen-bond donors (Lipinski definition) is 0. The lowest BCUT2D eigenvalue weighted by Crippen LogP contribution is -2.10. The van der Waals surface area contributed by atoms with Crippen LogP contribution < -0.4 is 4.90 Å². The summed E-state index contributed by atoms with van der Waals surface area (Å²) in [5.74, 6) is 0.668. The molecule has 0 spiro atoms. The Balaban J connectivity index is 1.18. The number of anilines is 3. The normalized spacial score (nSPS) is 14.0. The second kappa shape index (κ2) is 11.9. The number of nitrogens with zero attached hydrogens (tertiary/aromatic N) is 1. The number of rotatable bonds is 5. The highest BCUT2D eigenvalue weighted by Gasteiger charge is 2.23. The Labute approximate surface area is 294 Å². The highest BCUT2D eigenvalue weighted by atomic mass is 32.1. The van der Waals surface area contributed by atoms with Gasteiger partial charge < -0.3 is 4.90 Å². The molecule has 0 radical (unpaired) electrons. The molecule has 0 saturated heterocycles. The van der Waals surface area contributed by atoms with Crippen LogP contribution in [0.5, 0.6) is 0 Å². The van der Waals surface area contributed by atoms with Crippen molar-refractivity contribution in [3.8, 4) is 11.1 Å². The molecule has 1 aliphatic rings. The van der Waals surface area contributed by atoms with Crippen molar-refractivity contribution in [1.82, 2.24) is 0 Å². The molecule has 1 saturated carbocycles. The zero-order valence-electron chi connectivity index (χ0n) is 27.2. The molecule has 0 bridgehead atoms. The highest BCUT2D eigenvalue weighted by molar-refractivity contribution is 7.26. The van der Waals surface area contributed by atoms with Crippen molar-refractivity contribution in [1.29, 1.82) is 0 Å². The number of hydrogen-bond acceptors (Lipinski definition) is 3. The Kier molecular flexibility index (Phi) is 7.03. The first-order chi connectivity index (χ1) is 24.3. The molecule has 0 amide bonds. The van der Waals surface area contributed by atoms with E-state index in [1.807, 2.05) is 22.7 Å². The first-order valence-electron chi connectivity index (χ1n) is 17.5. The van der Waals surface area contributed by atoms with Crippen molar-refractivity contribution in [2.24, 2.45) is 0 Å². The van der Waals surface area contributed by atoms with Gasteiger partial charge in [-0.15, -0.1) is 22.7 Å². The smallest absolute Gasteiger partial charge is 0.0640 e. The molecular formula is C46H35NS2. The van der Waals surface area contributed by atoms with Gasteiger partial charge in [0.2, 0.25) is 0 Å². The second-order valence-corrected chi connectivity index (χ2v) is 15.6. The maximum absolute atomic E-state index is 2.50. The lowest BCUT2D eigenvalue weighted by Gasteiger charge is -2.26. The summed E-state index contributed by atoms with van der Waals surface area (Å²) >= 11 is 3.87. The Morgan fingerprint density at radius 1 is 0.469 bits per heavy atom. The standard InChI is InChI=1S/C46H35NS2/c1-2-11-31(12-3-1)37-18-9-19-39-40-20-10-21-42(46(40)49-45(37)39)47(34-27-28-44-41(29-34)38-16-6-7-22-43(38)48-44)33-25-23-32(24-26-33)36-17-8-14-30-13-4-5-15-35(30)36/h4-10,13-29,31H,1-3,11-12H2. The van der Waals surface area contributed by atoms with Crippen LogP contribution in [-0.2, 0) is 0 Å². The number of fused-ring (bicyclic) bond motifs is 7. The fourth-order valence-corrected chi connectivity index (χ4v) is 10.8. The van der Waals surface area contributed by atoms with E-state index >= 15 is 0 Å². The van der Waals surface area contributed by atoms with Gasteiger partial charge in [-0.3, -0.25) is 0 Å². The molecule has 1 nitrogen and oxygen atoms in total. The zero-order chi connectivity index (χ0) is 32.3. The second-order valence-electron chi connectivity index (χ2n) is 13.5. The van der Waals surface area contributed by atoms with Crippen molar-refractivity contribution in [2.75, 3.05) is 4.90 Å². The van der Waals surface area contributed by atoms with Crippen molar-refractivity contribution in [2.45, 2.75) is 38.0 Å². The Morgan fingerprint density at radius 2 is 1.14 bits per heavy atom. The van der Waals surface area contributed by atoms with E-state index in [-0.39, 0.29) is 0 Å². The zero-order valence-corrected chi connectivity index (χ0v) is 28.9. The fourth-order valence-electron chi connectivity index (χ4n) is 8.29. The molecule has 1 aliphatic carbocycles. The van der Waals surface area contributed by atoms with E-state index in [0.717, 1.165) is 0 Å². The summed E-state index contributed by atoms with van der Waals surface area (Å²) in [6, 6.07) is 54.3. The minimum Gasteiger partial charge on any atom is -0.309 e. The van der Waals surface area contributed by atoms with Crippen LogP contribution in [0.3, 0.4) is 0 Å². The first kappa shape index (κ1) is 29.0. The summed E-state index contributed by atoms with van der Waals surface area (Å²) in [6.45, 7) is 0. The minimum atomic E-state index is 0.668. The number of thiophene rings is 2. The molecule has 0 atom stereocenters. The average Bonchev–Trinajstić information content (AvgIpc) is 3.74. The Morgan fingerprint density at radius 3 is 2.02 bits per heavy atom. The van der Waals surface area contributed by atoms with E-state index in [1.165, 1.54) is 111 Å². The van der Waals surface area contributed by atoms with Crippen LogP contribution in [-0.4, -0.2) is 0 Å². The molecule has 0 N–H and O–H groups in total. The maximum atomic E-state index is 2.50. The molecule has 0 unspecified atom stereocenters. The van der Waals surface area contributed by atoms with E-state index in [2.05, 4.69) is 150 Å². The molecule has 49 heavy (non-hydrogen) atoms. The van der Waals surface area contributed by atoms with Crippen LogP contribution in [0, 0.1) is 0 Å².